The maximum absolute atomic E-state index is 12.0. The average molecular weight is 296 g/mol. The minimum atomic E-state index is -0.267. The van der Waals surface area contributed by atoms with Gasteiger partial charge in [0.15, 0.2) is 0 Å². The molecule has 114 valence electrons. The van der Waals surface area contributed by atoms with Gasteiger partial charge < -0.3 is 5.11 Å². The predicted molar refractivity (Wildman–Crippen MR) is 88.3 cm³/mol. The molecule has 0 radical (unpaired) electrons. The summed E-state index contributed by atoms with van der Waals surface area (Å²) < 4.78 is 0. The monoisotopic (exact) mass is 296 g/mol. The van der Waals surface area contributed by atoms with E-state index in [4.69, 9.17) is 0 Å². The van der Waals surface area contributed by atoms with Crippen LogP contribution in [0.2, 0.25) is 0 Å². The third-order valence-corrected chi connectivity index (χ3v) is 3.26. The van der Waals surface area contributed by atoms with Gasteiger partial charge in [-0.3, -0.25) is 4.79 Å². The van der Waals surface area contributed by atoms with Crippen molar-refractivity contribution in [3.8, 4) is 5.75 Å². The van der Waals surface area contributed by atoms with Gasteiger partial charge in [0.25, 0.3) is 5.91 Å². The summed E-state index contributed by atoms with van der Waals surface area (Å²) in [6.45, 7) is 6.38. The number of nitrogens with one attached hydrogen (secondary N) is 1. The van der Waals surface area contributed by atoms with E-state index in [9.17, 15) is 9.90 Å². The molecular weight excluding hydrogens is 276 g/mol. The Balaban J connectivity index is 2.00. The van der Waals surface area contributed by atoms with E-state index in [2.05, 4.69) is 31.3 Å². The fraction of sp³-hybridized carbons (Fsp3) is 0.222. The number of phenolic OH excluding ortho intramolecular Hbond substituents is 1. The van der Waals surface area contributed by atoms with Gasteiger partial charge in [0.2, 0.25) is 0 Å². The van der Waals surface area contributed by atoms with E-state index in [1.54, 1.807) is 36.4 Å². The molecule has 0 aromatic heterocycles. The zero-order chi connectivity index (χ0) is 16.2. The van der Waals surface area contributed by atoms with Crippen molar-refractivity contribution in [3.05, 3.63) is 65.2 Å². The van der Waals surface area contributed by atoms with Gasteiger partial charge in [0.1, 0.15) is 5.75 Å². The van der Waals surface area contributed by atoms with Crippen molar-refractivity contribution < 1.29 is 9.90 Å². The fourth-order valence-corrected chi connectivity index (χ4v) is 1.96. The Morgan fingerprint density at radius 1 is 1.14 bits per heavy atom. The van der Waals surface area contributed by atoms with Crippen molar-refractivity contribution in [1.29, 1.82) is 0 Å². The summed E-state index contributed by atoms with van der Waals surface area (Å²) in [5, 5.41) is 13.2. The number of aromatic hydroxyl groups is 1. The Bertz CT molecular complexity index is 683. The smallest absolute Gasteiger partial charge is 0.271 e. The number of hydrogen-bond acceptors (Lipinski definition) is 3. The first-order valence-corrected chi connectivity index (χ1v) is 7.09. The largest absolute Gasteiger partial charge is 0.508 e. The molecule has 2 rings (SSSR count). The van der Waals surface area contributed by atoms with E-state index in [0.717, 1.165) is 0 Å². The highest BCUT2D eigenvalue weighted by atomic mass is 16.3. The highest BCUT2D eigenvalue weighted by Crippen LogP contribution is 2.22. The highest BCUT2D eigenvalue weighted by Gasteiger charge is 2.14. The predicted octanol–water partition coefficient (Wildman–Crippen LogP) is 3.45. The van der Waals surface area contributed by atoms with Crippen LogP contribution in [0.4, 0.5) is 0 Å². The maximum atomic E-state index is 12.0. The van der Waals surface area contributed by atoms with Gasteiger partial charge in [-0.05, 0) is 40.8 Å². The Hall–Kier alpha value is -2.62. The molecule has 0 saturated heterocycles. The number of nitrogens with zero attached hydrogens (tertiary/aromatic N) is 1. The molecule has 2 aromatic carbocycles. The summed E-state index contributed by atoms with van der Waals surface area (Å²) >= 11 is 0. The van der Waals surface area contributed by atoms with Crippen LogP contribution in [0.15, 0.2) is 53.6 Å². The van der Waals surface area contributed by atoms with Crippen molar-refractivity contribution >= 4 is 12.1 Å². The lowest BCUT2D eigenvalue weighted by molar-refractivity contribution is 0.0955. The highest BCUT2D eigenvalue weighted by molar-refractivity contribution is 5.94. The van der Waals surface area contributed by atoms with Gasteiger partial charge in [-0.2, -0.15) is 5.10 Å². The standard InChI is InChI=1S/C18H20N2O2/c1-18(2,3)15-9-7-14(8-10-15)17(22)20-19-12-13-5-4-6-16(21)11-13/h4-12,21H,1-3H3,(H,20,22)/b19-12-. The lowest BCUT2D eigenvalue weighted by Crippen LogP contribution is -2.18. The number of hydrazone groups is 1. The van der Waals surface area contributed by atoms with Crippen molar-refractivity contribution in [1.82, 2.24) is 5.43 Å². The molecule has 1 amide bonds. The Labute approximate surface area is 130 Å². The lowest BCUT2D eigenvalue weighted by atomic mass is 9.87. The molecule has 2 aromatic rings. The van der Waals surface area contributed by atoms with E-state index < -0.39 is 0 Å². The van der Waals surface area contributed by atoms with E-state index >= 15 is 0 Å². The van der Waals surface area contributed by atoms with Gasteiger partial charge in [-0.25, -0.2) is 5.43 Å². The Morgan fingerprint density at radius 2 is 1.82 bits per heavy atom. The first kappa shape index (κ1) is 15.8. The first-order chi connectivity index (χ1) is 10.4. The summed E-state index contributed by atoms with van der Waals surface area (Å²) in [7, 11) is 0. The Kier molecular flexibility index (Phi) is 4.61. The molecule has 0 heterocycles. The van der Waals surface area contributed by atoms with Crippen molar-refractivity contribution in [2.24, 2.45) is 5.10 Å². The summed E-state index contributed by atoms with van der Waals surface area (Å²) in [6, 6.07) is 14.1. The van der Waals surface area contributed by atoms with Crippen LogP contribution >= 0.6 is 0 Å². The second kappa shape index (κ2) is 6.43. The quantitative estimate of drug-likeness (QED) is 0.673. The van der Waals surface area contributed by atoms with Crippen LogP contribution in [-0.4, -0.2) is 17.2 Å². The van der Waals surface area contributed by atoms with E-state index in [1.165, 1.54) is 11.8 Å². The fourth-order valence-electron chi connectivity index (χ4n) is 1.96. The van der Waals surface area contributed by atoms with Crippen LogP contribution in [0.25, 0.3) is 0 Å². The van der Waals surface area contributed by atoms with Crippen molar-refractivity contribution in [2.75, 3.05) is 0 Å². The molecule has 2 N–H and O–H groups in total. The van der Waals surface area contributed by atoms with Gasteiger partial charge in [0.05, 0.1) is 6.21 Å². The second-order valence-corrected chi connectivity index (χ2v) is 6.12. The molecule has 0 aliphatic rings. The lowest BCUT2D eigenvalue weighted by Gasteiger charge is -2.18. The third kappa shape index (κ3) is 4.19. The molecule has 0 unspecified atom stereocenters. The zero-order valence-corrected chi connectivity index (χ0v) is 13.0. The molecule has 0 atom stereocenters. The number of carbonyl (C=O) groups excluding carboxylic acids is 1. The van der Waals surface area contributed by atoms with Crippen LogP contribution < -0.4 is 5.43 Å². The topological polar surface area (TPSA) is 61.7 Å². The number of hydrogen-bond donors (Lipinski definition) is 2. The summed E-state index contributed by atoms with van der Waals surface area (Å²) in [5.74, 6) is -0.107. The van der Waals surface area contributed by atoms with Crippen LogP contribution in [0.5, 0.6) is 5.75 Å². The molecule has 0 fully saturated rings. The molecule has 4 heteroatoms. The molecule has 0 bridgehead atoms. The van der Waals surface area contributed by atoms with E-state index in [-0.39, 0.29) is 17.1 Å². The number of carbonyl (C=O) groups is 1. The van der Waals surface area contributed by atoms with Crippen LogP contribution in [0.1, 0.15) is 42.3 Å². The minimum Gasteiger partial charge on any atom is -0.508 e. The van der Waals surface area contributed by atoms with Crippen LogP contribution in [-0.2, 0) is 5.41 Å². The molecule has 0 spiro atoms. The second-order valence-electron chi connectivity index (χ2n) is 6.12. The average Bonchev–Trinajstić information content (AvgIpc) is 2.46. The molecular formula is C18H20N2O2. The van der Waals surface area contributed by atoms with Gasteiger partial charge >= 0.3 is 0 Å². The number of amides is 1. The zero-order valence-electron chi connectivity index (χ0n) is 13.0. The number of benzene rings is 2. The summed E-state index contributed by atoms with van der Waals surface area (Å²) in [6.07, 6.45) is 1.49. The third-order valence-electron chi connectivity index (χ3n) is 3.26. The SMILES string of the molecule is CC(C)(C)c1ccc(C(=O)N/N=C\c2cccc(O)c2)cc1. The van der Waals surface area contributed by atoms with E-state index in [1.807, 2.05) is 12.1 Å². The number of rotatable bonds is 3. The van der Waals surface area contributed by atoms with Gasteiger partial charge in [-0.15, -0.1) is 0 Å². The van der Waals surface area contributed by atoms with Gasteiger partial charge in [-0.1, -0.05) is 45.0 Å². The molecule has 0 aliphatic heterocycles. The van der Waals surface area contributed by atoms with Crippen molar-refractivity contribution in [3.63, 3.8) is 0 Å². The molecule has 0 saturated carbocycles. The summed E-state index contributed by atoms with van der Waals surface area (Å²) in [4.78, 5) is 12.0. The molecule has 4 nitrogen and oxygen atoms in total. The minimum absolute atomic E-state index is 0.0580. The van der Waals surface area contributed by atoms with Crippen LogP contribution in [0.3, 0.4) is 0 Å². The first-order valence-electron chi connectivity index (χ1n) is 7.09. The Morgan fingerprint density at radius 3 is 2.41 bits per heavy atom. The summed E-state index contributed by atoms with van der Waals surface area (Å²) in [5.41, 5.74) is 4.97. The molecule has 22 heavy (non-hydrogen) atoms. The van der Waals surface area contributed by atoms with Crippen LogP contribution in [0, 0.1) is 0 Å². The maximum Gasteiger partial charge on any atom is 0.271 e. The number of phenols is 1. The van der Waals surface area contributed by atoms with Gasteiger partial charge in [0, 0.05) is 5.56 Å². The normalized spacial score (nSPS) is 11.6. The van der Waals surface area contributed by atoms with Crippen molar-refractivity contribution in [2.45, 2.75) is 26.2 Å². The van der Waals surface area contributed by atoms with E-state index in [0.29, 0.717) is 11.1 Å². The molecule has 0 aliphatic carbocycles.